The molecule has 0 unspecified atom stereocenters. The minimum absolute atomic E-state index is 0.00499. The molecule has 7 nitrogen and oxygen atoms in total. The molecular formula is C24H28N4O3. The summed E-state index contributed by atoms with van der Waals surface area (Å²) in [5.74, 6) is 1.97. The normalized spacial score (nSPS) is 28.3. The predicted octanol–water partition coefficient (Wildman–Crippen LogP) is 3.95. The maximum absolute atomic E-state index is 13.3. The molecule has 3 aliphatic rings. The quantitative estimate of drug-likeness (QED) is 0.639. The van der Waals surface area contributed by atoms with Crippen molar-refractivity contribution in [3.8, 4) is 0 Å². The number of methoxy groups -OCH3 is 1. The highest BCUT2D eigenvalue weighted by Crippen LogP contribution is 2.44. The van der Waals surface area contributed by atoms with E-state index in [-0.39, 0.29) is 18.1 Å². The van der Waals surface area contributed by atoms with E-state index in [2.05, 4.69) is 16.5 Å². The molecule has 6 rings (SSSR count). The number of aromatic nitrogens is 3. The summed E-state index contributed by atoms with van der Waals surface area (Å²) in [5, 5.41) is 9.86. The maximum Gasteiger partial charge on any atom is 0.289 e. The molecule has 2 aromatic heterocycles. The van der Waals surface area contributed by atoms with Crippen molar-refractivity contribution in [2.24, 2.45) is 11.8 Å². The topological polar surface area (TPSA) is 73.4 Å². The second kappa shape index (κ2) is 7.19. The largest absolute Gasteiger partial charge is 0.451 e. The fraction of sp³-hybridized carbons (Fsp3) is 0.542. The van der Waals surface area contributed by atoms with Gasteiger partial charge in [-0.2, -0.15) is 0 Å². The molecule has 1 saturated heterocycles. The first-order valence-corrected chi connectivity index (χ1v) is 11.3. The summed E-state index contributed by atoms with van der Waals surface area (Å²) in [4.78, 5) is 15.3. The molecule has 0 N–H and O–H groups in total. The molecule has 3 fully saturated rings. The van der Waals surface area contributed by atoms with Crippen LogP contribution in [0.5, 0.6) is 0 Å². The van der Waals surface area contributed by atoms with E-state index in [0.29, 0.717) is 23.5 Å². The van der Waals surface area contributed by atoms with E-state index in [9.17, 15) is 4.79 Å². The zero-order chi connectivity index (χ0) is 21.1. The van der Waals surface area contributed by atoms with E-state index in [4.69, 9.17) is 9.15 Å². The van der Waals surface area contributed by atoms with E-state index in [0.717, 1.165) is 48.2 Å². The lowest BCUT2D eigenvalue weighted by Crippen LogP contribution is -2.37. The zero-order valence-corrected chi connectivity index (χ0v) is 18.0. The summed E-state index contributed by atoms with van der Waals surface area (Å²) < 4.78 is 13.9. The lowest BCUT2D eigenvalue weighted by Gasteiger charge is -2.36. The first-order chi connectivity index (χ1) is 15.1. The van der Waals surface area contributed by atoms with Crippen molar-refractivity contribution < 1.29 is 13.9 Å². The van der Waals surface area contributed by atoms with Crippen molar-refractivity contribution in [1.82, 2.24) is 19.9 Å². The number of hydrogen-bond donors (Lipinski definition) is 0. The third-order valence-corrected chi connectivity index (χ3v) is 7.58. The Morgan fingerprint density at radius 3 is 2.68 bits per heavy atom. The Balaban J connectivity index is 1.22. The highest BCUT2D eigenvalue weighted by atomic mass is 16.5. The van der Waals surface area contributed by atoms with Gasteiger partial charge >= 0.3 is 0 Å². The Kier molecular flexibility index (Phi) is 4.42. The summed E-state index contributed by atoms with van der Waals surface area (Å²) in [6.07, 6.45) is 6.55. The van der Waals surface area contributed by atoms with Crippen LogP contribution < -0.4 is 0 Å². The van der Waals surface area contributed by atoms with Gasteiger partial charge in [-0.15, -0.1) is 5.10 Å². The van der Waals surface area contributed by atoms with Gasteiger partial charge in [-0.05, 0) is 50.5 Å². The van der Waals surface area contributed by atoms with Gasteiger partial charge in [-0.25, -0.2) is 4.68 Å². The fourth-order valence-corrected chi connectivity index (χ4v) is 5.63. The van der Waals surface area contributed by atoms with Gasteiger partial charge in [0, 0.05) is 43.3 Å². The van der Waals surface area contributed by atoms with Crippen molar-refractivity contribution >= 4 is 16.9 Å². The second-order valence-electron chi connectivity index (χ2n) is 9.49. The summed E-state index contributed by atoms with van der Waals surface area (Å²) >= 11 is 0. The van der Waals surface area contributed by atoms with Crippen LogP contribution in [0.15, 0.2) is 34.9 Å². The van der Waals surface area contributed by atoms with Crippen LogP contribution in [0.25, 0.3) is 11.0 Å². The smallest absolute Gasteiger partial charge is 0.289 e. The number of benzene rings is 1. The van der Waals surface area contributed by atoms with Crippen LogP contribution in [0, 0.1) is 18.8 Å². The predicted molar refractivity (Wildman–Crippen MR) is 115 cm³/mol. The number of carbonyl (C=O) groups is 1. The molecule has 1 aromatic carbocycles. The number of hydrogen-bond acceptors (Lipinski definition) is 5. The molecule has 2 aliphatic carbocycles. The average molecular weight is 421 g/mol. The second-order valence-corrected chi connectivity index (χ2v) is 9.49. The van der Waals surface area contributed by atoms with Gasteiger partial charge in [0.25, 0.3) is 5.91 Å². The number of fused-ring (bicyclic) bond motifs is 2. The lowest BCUT2D eigenvalue weighted by molar-refractivity contribution is -0.00546. The van der Waals surface area contributed by atoms with E-state index >= 15 is 0 Å². The molecule has 1 amide bonds. The highest BCUT2D eigenvalue weighted by molar-refractivity contribution is 5.99. The van der Waals surface area contributed by atoms with Gasteiger partial charge in [0.2, 0.25) is 0 Å². The average Bonchev–Trinajstić information content (AvgIpc) is 3.23. The minimum Gasteiger partial charge on any atom is -0.451 e. The molecule has 3 aromatic rings. The first-order valence-electron chi connectivity index (χ1n) is 11.3. The Morgan fingerprint density at radius 2 is 1.94 bits per heavy atom. The number of amides is 1. The number of rotatable bonds is 4. The number of ether oxygens (including phenoxy) is 1. The molecule has 3 heterocycles. The number of nitrogens with zero attached hydrogens (tertiary/aromatic N) is 4. The van der Waals surface area contributed by atoms with E-state index < -0.39 is 0 Å². The summed E-state index contributed by atoms with van der Waals surface area (Å²) in [5.41, 5.74) is 2.82. The highest BCUT2D eigenvalue weighted by Gasteiger charge is 2.45. The molecule has 2 saturated carbocycles. The van der Waals surface area contributed by atoms with Gasteiger partial charge < -0.3 is 14.1 Å². The first kappa shape index (κ1) is 19.0. The summed E-state index contributed by atoms with van der Waals surface area (Å²) in [6, 6.07) is 8.02. The van der Waals surface area contributed by atoms with Crippen LogP contribution in [0.4, 0.5) is 0 Å². The van der Waals surface area contributed by atoms with Crippen LogP contribution in [-0.2, 0) is 4.74 Å². The molecule has 31 heavy (non-hydrogen) atoms. The van der Waals surface area contributed by atoms with Gasteiger partial charge in [0.05, 0.1) is 17.8 Å². The minimum atomic E-state index is 0.00499. The molecule has 1 aliphatic heterocycles. The van der Waals surface area contributed by atoms with Crippen molar-refractivity contribution in [3.63, 3.8) is 0 Å². The number of aryl methyl sites for hydroxylation is 1. The van der Waals surface area contributed by atoms with Crippen LogP contribution in [0.2, 0.25) is 0 Å². The van der Waals surface area contributed by atoms with Crippen LogP contribution in [0.1, 0.15) is 59.5 Å². The number of carbonyl (C=O) groups excluding carboxylic acids is 1. The van der Waals surface area contributed by atoms with Crippen molar-refractivity contribution in [2.75, 3.05) is 20.2 Å². The van der Waals surface area contributed by atoms with E-state index in [1.54, 1.807) is 7.11 Å². The Morgan fingerprint density at radius 1 is 1.16 bits per heavy atom. The van der Waals surface area contributed by atoms with Gasteiger partial charge in [0.15, 0.2) is 5.76 Å². The van der Waals surface area contributed by atoms with E-state index in [1.807, 2.05) is 40.8 Å². The Bertz CT molecular complexity index is 1130. The van der Waals surface area contributed by atoms with Crippen molar-refractivity contribution in [1.29, 1.82) is 0 Å². The summed E-state index contributed by atoms with van der Waals surface area (Å²) in [7, 11) is 1.78. The summed E-state index contributed by atoms with van der Waals surface area (Å²) in [6.45, 7) is 3.50. The van der Waals surface area contributed by atoms with Crippen LogP contribution in [0.3, 0.4) is 0 Å². The number of para-hydroxylation sites is 1. The maximum atomic E-state index is 13.3. The fourth-order valence-electron chi connectivity index (χ4n) is 5.63. The molecule has 7 heteroatoms. The Labute approximate surface area is 181 Å². The number of likely N-dealkylation sites (tertiary alicyclic amines) is 1. The van der Waals surface area contributed by atoms with Gasteiger partial charge in [0.1, 0.15) is 5.58 Å². The third kappa shape index (κ3) is 3.17. The molecule has 0 spiro atoms. The Hall–Kier alpha value is -2.67. The van der Waals surface area contributed by atoms with E-state index in [1.165, 1.54) is 12.8 Å². The van der Waals surface area contributed by atoms with Crippen molar-refractivity contribution in [2.45, 2.75) is 50.7 Å². The monoisotopic (exact) mass is 420 g/mol. The van der Waals surface area contributed by atoms with Crippen LogP contribution >= 0.6 is 0 Å². The van der Waals surface area contributed by atoms with Crippen LogP contribution in [-0.4, -0.2) is 52.1 Å². The zero-order valence-electron chi connectivity index (χ0n) is 18.0. The third-order valence-electron chi connectivity index (χ3n) is 7.58. The molecule has 4 atom stereocenters. The number of furan rings is 1. The van der Waals surface area contributed by atoms with Crippen molar-refractivity contribution in [3.05, 3.63) is 47.5 Å². The SMILES string of the molecule is CO[C@@H]1C[C@H]2CN(C(=O)c3oc4ccccc4c3C)C[C@H]2C[C@H]1n1cc(C2CC2)nn1. The standard InChI is InChI=1S/C24H28N4O3/c1-14-18-5-3-4-6-21(18)31-23(14)24(29)27-11-16-9-20(22(30-2)10-17(16)12-27)28-13-19(25-26-28)15-7-8-15/h3-6,13,15-17,20,22H,7-12H2,1-2H3/t16-,17+,20-,22-/m1/s1. The lowest BCUT2D eigenvalue weighted by atomic mass is 9.77. The van der Waals surface area contributed by atoms with Gasteiger partial charge in [-0.1, -0.05) is 23.4 Å². The molecular weight excluding hydrogens is 392 g/mol. The van der Waals surface area contributed by atoms with Gasteiger partial charge in [-0.3, -0.25) is 4.79 Å². The molecule has 0 radical (unpaired) electrons. The molecule has 0 bridgehead atoms. The molecule has 162 valence electrons.